The van der Waals surface area contributed by atoms with Gasteiger partial charge in [0.15, 0.2) is 4.96 Å². The first-order chi connectivity index (χ1) is 10.4. The molecule has 3 aromatic rings. The minimum atomic E-state index is 0.497. The Morgan fingerprint density at radius 1 is 1.29 bits per heavy atom. The standard InChI is InChI=1S/C17H19N3S/c1-2-4-13(5-3-1)14(11-18-15-6-7-15)10-16-12-20-8-9-21-17(20)19-16/h1-5,8-9,12,14-15,18H,6-7,10-11H2. The van der Waals surface area contributed by atoms with Crippen LogP contribution in [-0.2, 0) is 6.42 Å². The van der Waals surface area contributed by atoms with E-state index in [4.69, 9.17) is 4.98 Å². The topological polar surface area (TPSA) is 29.3 Å². The molecule has 2 heterocycles. The molecule has 0 bridgehead atoms. The number of nitrogens with one attached hydrogen (secondary N) is 1. The molecule has 1 aliphatic carbocycles. The van der Waals surface area contributed by atoms with Crippen molar-refractivity contribution in [2.45, 2.75) is 31.2 Å². The van der Waals surface area contributed by atoms with Crippen molar-refractivity contribution in [3.63, 3.8) is 0 Å². The lowest BCUT2D eigenvalue weighted by Crippen LogP contribution is -2.24. The second-order valence-electron chi connectivity index (χ2n) is 5.82. The summed E-state index contributed by atoms with van der Waals surface area (Å²) < 4.78 is 2.12. The van der Waals surface area contributed by atoms with Crippen LogP contribution < -0.4 is 5.32 Å². The predicted molar refractivity (Wildman–Crippen MR) is 87.0 cm³/mol. The van der Waals surface area contributed by atoms with Crippen LogP contribution in [0.3, 0.4) is 0 Å². The Morgan fingerprint density at radius 2 is 2.14 bits per heavy atom. The number of nitrogens with zero attached hydrogens (tertiary/aromatic N) is 2. The first kappa shape index (κ1) is 13.0. The smallest absolute Gasteiger partial charge is 0.193 e. The van der Waals surface area contributed by atoms with E-state index in [1.54, 1.807) is 11.3 Å². The zero-order valence-corrected chi connectivity index (χ0v) is 12.7. The molecule has 4 heteroatoms. The third kappa shape index (κ3) is 3.01. The lowest BCUT2D eigenvalue weighted by atomic mass is 9.94. The van der Waals surface area contributed by atoms with E-state index in [9.17, 15) is 0 Å². The van der Waals surface area contributed by atoms with Gasteiger partial charge >= 0.3 is 0 Å². The fraction of sp³-hybridized carbons (Fsp3) is 0.353. The Kier molecular flexibility index (Phi) is 3.49. The van der Waals surface area contributed by atoms with Crippen molar-refractivity contribution in [3.8, 4) is 0 Å². The van der Waals surface area contributed by atoms with E-state index in [-0.39, 0.29) is 0 Å². The maximum atomic E-state index is 4.73. The number of aromatic nitrogens is 2. The van der Waals surface area contributed by atoms with E-state index >= 15 is 0 Å². The van der Waals surface area contributed by atoms with Gasteiger partial charge < -0.3 is 5.32 Å². The molecule has 2 aromatic heterocycles. The summed E-state index contributed by atoms with van der Waals surface area (Å²) in [5.74, 6) is 0.497. The van der Waals surface area contributed by atoms with Gasteiger partial charge in [-0.05, 0) is 24.8 Å². The Morgan fingerprint density at radius 3 is 2.90 bits per heavy atom. The second-order valence-corrected chi connectivity index (χ2v) is 6.69. The summed E-state index contributed by atoms with van der Waals surface area (Å²) in [6, 6.07) is 11.6. The van der Waals surface area contributed by atoms with Crippen LogP contribution >= 0.6 is 11.3 Å². The molecular formula is C17H19N3S. The molecule has 0 radical (unpaired) electrons. The molecule has 0 saturated heterocycles. The van der Waals surface area contributed by atoms with Crippen molar-refractivity contribution in [2.24, 2.45) is 0 Å². The molecule has 1 aromatic carbocycles. The second kappa shape index (κ2) is 5.62. The number of hydrogen-bond donors (Lipinski definition) is 1. The van der Waals surface area contributed by atoms with Crippen LogP contribution in [0.1, 0.15) is 30.0 Å². The van der Waals surface area contributed by atoms with Crippen LogP contribution in [0.4, 0.5) is 0 Å². The maximum Gasteiger partial charge on any atom is 0.193 e. The van der Waals surface area contributed by atoms with Crippen molar-refractivity contribution < 1.29 is 0 Å². The van der Waals surface area contributed by atoms with Gasteiger partial charge in [-0.3, -0.25) is 4.40 Å². The molecular weight excluding hydrogens is 278 g/mol. The third-order valence-corrected chi connectivity index (χ3v) is 4.87. The lowest BCUT2D eigenvalue weighted by molar-refractivity contribution is 0.573. The zero-order chi connectivity index (χ0) is 14.1. The molecule has 1 saturated carbocycles. The molecule has 0 spiro atoms. The zero-order valence-electron chi connectivity index (χ0n) is 11.9. The number of thiazole rings is 1. The molecule has 1 atom stereocenters. The summed E-state index contributed by atoms with van der Waals surface area (Å²) in [5, 5.41) is 5.75. The van der Waals surface area contributed by atoms with E-state index in [2.05, 4.69) is 57.8 Å². The van der Waals surface area contributed by atoms with E-state index in [1.807, 2.05) is 0 Å². The van der Waals surface area contributed by atoms with Gasteiger partial charge in [0.1, 0.15) is 0 Å². The van der Waals surface area contributed by atoms with E-state index < -0.39 is 0 Å². The molecule has 1 N–H and O–H groups in total. The largest absolute Gasteiger partial charge is 0.313 e. The molecule has 1 aliphatic rings. The number of rotatable bonds is 6. The van der Waals surface area contributed by atoms with Gasteiger partial charge in [0.2, 0.25) is 0 Å². The van der Waals surface area contributed by atoms with Crippen LogP contribution in [0.5, 0.6) is 0 Å². The molecule has 108 valence electrons. The summed E-state index contributed by atoms with van der Waals surface area (Å²) in [7, 11) is 0. The normalized spacial score (nSPS) is 16.4. The van der Waals surface area contributed by atoms with Crippen LogP contribution in [0, 0.1) is 0 Å². The van der Waals surface area contributed by atoms with E-state index in [1.165, 1.54) is 24.1 Å². The van der Waals surface area contributed by atoms with Crippen LogP contribution in [0.15, 0.2) is 48.1 Å². The summed E-state index contributed by atoms with van der Waals surface area (Å²) >= 11 is 1.70. The van der Waals surface area contributed by atoms with Crippen molar-refractivity contribution in [1.82, 2.24) is 14.7 Å². The molecule has 0 aliphatic heterocycles. The highest BCUT2D eigenvalue weighted by Crippen LogP contribution is 2.24. The van der Waals surface area contributed by atoms with Crippen molar-refractivity contribution >= 4 is 16.3 Å². The lowest BCUT2D eigenvalue weighted by Gasteiger charge is -2.17. The van der Waals surface area contributed by atoms with Crippen LogP contribution in [0.25, 0.3) is 4.96 Å². The number of fused-ring (bicyclic) bond motifs is 1. The highest BCUT2D eigenvalue weighted by molar-refractivity contribution is 7.15. The fourth-order valence-electron chi connectivity index (χ4n) is 2.76. The number of hydrogen-bond acceptors (Lipinski definition) is 3. The van der Waals surface area contributed by atoms with Gasteiger partial charge in [0.05, 0.1) is 5.69 Å². The molecule has 3 nitrogen and oxygen atoms in total. The Balaban J connectivity index is 1.54. The first-order valence-electron chi connectivity index (χ1n) is 7.58. The Bertz CT molecular complexity index is 683. The van der Waals surface area contributed by atoms with Crippen molar-refractivity contribution in [2.75, 3.05) is 6.54 Å². The third-order valence-electron chi connectivity index (χ3n) is 4.10. The molecule has 4 rings (SSSR count). The SMILES string of the molecule is c1ccc(C(CNC2CC2)Cc2cn3ccsc3n2)cc1. The van der Waals surface area contributed by atoms with Crippen LogP contribution in [-0.4, -0.2) is 22.0 Å². The van der Waals surface area contributed by atoms with Gasteiger partial charge in [-0.1, -0.05) is 30.3 Å². The number of benzene rings is 1. The Labute approximate surface area is 128 Å². The average molecular weight is 297 g/mol. The molecule has 21 heavy (non-hydrogen) atoms. The predicted octanol–water partition coefficient (Wildman–Crippen LogP) is 3.47. The van der Waals surface area contributed by atoms with Crippen molar-refractivity contribution in [3.05, 3.63) is 59.4 Å². The van der Waals surface area contributed by atoms with Crippen LogP contribution in [0.2, 0.25) is 0 Å². The fourth-order valence-corrected chi connectivity index (χ4v) is 3.48. The van der Waals surface area contributed by atoms with E-state index in [0.717, 1.165) is 24.0 Å². The highest BCUT2D eigenvalue weighted by atomic mass is 32.1. The number of imidazole rings is 1. The van der Waals surface area contributed by atoms with Gasteiger partial charge in [-0.2, -0.15) is 0 Å². The van der Waals surface area contributed by atoms with Gasteiger partial charge in [0, 0.05) is 36.3 Å². The van der Waals surface area contributed by atoms with Crippen molar-refractivity contribution in [1.29, 1.82) is 0 Å². The van der Waals surface area contributed by atoms with Gasteiger partial charge in [-0.15, -0.1) is 11.3 Å². The highest BCUT2D eigenvalue weighted by Gasteiger charge is 2.23. The summed E-state index contributed by atoms with van der Waals surface area (Å²) in [5.41, 5.74) is 2.59. The minimum Gasteiger partial charge on any atom is -0.313 e. The Hall–Kier alpha value is -1.65. The summed E-state index contributed by atoms with van der Waals surface area (Å²) in [6.45, 7) is 1.04. The first-order valence-corrected chi connectivity index (χ1v) is 8.46. The minimum absolute atomic E-state index is 0.497. The van der Waals surface area contributed by atoms with E-state index in [0.29, 0.717) is 5.92 Å². The summed E-state index contributed by atoms with van der Waals surface area (Å²) in [6.07, 6.45) is 7.91. The molecule has 1 fully saturated rings. The molecule has 1 unspecified atom stereocenters. The van der Waals surface area contributed by atoms with Gasteiger partial charge in [0.25, 0.3) is 0 Å². The maximum absolute atomic E-state index is 4.73. The molecule has 0 amide bonds. The summed E-state index contributed by atoms with van der Waals surface area (Å²) in [4.78, 5) is 5.82. The quantitative estimate of drug-likeness (QED) is 0.755. The monoisotopic (exact) mass is 297 g/mol. The average Bonchev–Trinajstić information content (AvgIpc) is 3.11. The van der Waals surface area contributed by atoms with Gasteiger partial charge in [-0.25, -0.2) is 4.98 Å².